The van der Waals surface area contributed by atoms with Crippen LogP contribution in [-0.4, -0.2) is 23.2 Å². The second kappa shape index (κ2) is 4.55. The molecule has 16 heavy (non-hydrogen) atoms. The Morgan fingerprint density at radius 1 is 1.62 bits per heavy atom. The molecule has 3 nitrogen and oxygen atoms in total. The molecule has 0 atom stereocenters. The lowest BCUT2D eigenvalue weighted by molar-refractivity contribution is -0.0300. The predicted molar refractivity (Wildman–Crippen MR) is 64.8 cm³/mol. The van der Waals surface area contributed by atoms with Gasteiger partial charge in [0, 0.05) is 6.54 Å². The summed E-state index contributed by atoms with van der Waals surface area (Å²) in [7, 11) is 0. The van der Waals surface area contributed by atoms with E-state index in [4.69, 9.17) is 0 Å². The van der Waals surface area contributed by atoms with Gasteiger partial charge in [-0.25, -0.2) is 0 Å². The van der Waals surface area contributed by atoms with Crippen LogP contribution < -0.4 is 5.32 Å². The second-order valence-corrected chi connectivity index (χ2v) is 5.31. The molecule has 1 aromatic heterocycles. The smallest absolute Gasteiger partial charge is 0.261 e. The van der Waals surface area contributed by atoms with Crippen molar-refractivity contribution in [3.8, 4) is 0 Å². The summed E-state index contributed by atoms with van der Waals surface area (Å²) in [5.74, 6) is -0.0489. The molecule has 2 N–H and O–H groups in total. The lowest BCUT2D eigenvalue weighted by Crippen LogP contribution is -2.47. The first-order valence-electron chi connectivity index (χ1n) is 5.71. The first-order chi connectivity index (χ1) is 7.64. The first kappa shape index (κ1) is 11.6. The summed E-state index contributed by atoms with van der Waals surface area (Å²) in [5, 5.41) is 14.6. The number of hydrogen-bond acceptors (Lipinski definition) is 3. The molecule has 1 saturated carbocycles. The quantitative estimate of drug-likeness (QED) is 0.843. The summed E-state index contributed by atoms with van der Waals surface area (Å²) in [6.07, 6.45) is 3.54. The second-order valence-electron chi connectivity index (χ2n) is 4.39. The fourth-order valence-corrected chi connectivity index (χ4v) is 2.81. The van der Waals surface area contributed by atoms with Crippen LogP contribution in [0, 0.1) is 0 Å². The predicted octanol–water partition coefficient (Wildman–Crippen LogP) is 1.96. The molecule has 0 aliphatic heterocycles. The molecular formula is C12H17NO2S. The normalized spacial score (nSPS) is 17.9. The minimum Gasteiger partial charge on any atom is -0.388 e. The number of aryl methyl sites for hydroxylation is 1. The minimum atomic E-state index is -0.640. The molecule has 1 aliphatic rings. The first-order valence-corrected chi connectivity index (χ1v) is 6.59. The zero-order chi connectivity index (χ0) is 11.6. The molecule has 88 valence electrons. The fraction of sp³-hybridized carbons (Fsp3) is 0.583. The Labute approximate surface area is 99.5 Å². The van der Waals surface area contributed by atoms with Crippen molar-refractivity contribution in [1.82, 2.24) is 5.32 Å². The van der Waals surface area contributed by atoms with E-state index in [0.717, 1.165) is 36.1 Å². The van der Waals surface area contributed by atoms with Gasteiger partial charge in [0.1, 0.15) is 0 Å². The van der Waals surface area contributed by atoms with E-state index in [0.29, 0.717) is 6.54 Å². The zero-order valence-corrected chi connectivity index (χ0v) is 10.3. The van der Waals surface area contributed by atoms with Crippen LogP contribution in [-0.2, 0) is 6.42 Å². The number of aliphatic hydroxyl groups is 1. The third-order valence-electron chi connectivity index (χ3n) is 3.20. The van der Waals surface area contributed by atoms with Gasteiger partial charge in [0.05, 0.1) is 10.5 Å². The van der Waals surface area contributed by atoms with Gasteiger partial charge in [-0.3, -0.25) is 4.79 Å². The molecule has 1 amide bonds. The summed E-state index contributed by atoms with van der Waals surface area (Å²) in [4.78, 5) is 12.6. The molecule has 0 aromatic carbocycles. The van der Waals surface area contributed by atoms with Gasteiger partial charge < -0.3 is 10.4 Å². The Morgan fingerprint density at radius 2 is 2.38 bits per heavy atom. The monoisotopic (exact) mass is 239 g/mol. The minimum absolute atomic E-state index is 0.0489. The Kier molecular flexibility index (Phi) is 3.30. The van der Waals surface area contributed by atoms with Gasteiger partial charge in [-0.05, 0) is 42.7 Å². The van der Waals surface area contributed by atoms with Crippen LogP contribution in [0.3, 0.4) is 0 Å². The van der Waals surface area contributed by atoms with E-state index < -0.39 is 5.60 Å². The third kappa shape index (κ3) is 2.28. The fourth-order valence-electron chi connectivity index (χ4n) is 1.90. The number of amides is 1. The molecule has 0 unspecified atom stereocenters. The van der Waals surface area contributed by atoms with Crippen LogP contribution in [0.25, 0.3) is 0 Å². The molecule has 4 heteroatoms. The van der Waals surface area contributed by atoms with Gasteiger partial charge in [-0.15, -0.1) is 11.3 Å². The molecule has 1 fully saturated rings. The van der Waals surface area contributed by atoms with Crippen molar-refractivity contribution < 1.29 is 9.90 Å². The molecule has 0 saturated heterocycles. The topological polar surface area (TPSA) is 49.3 Å². The van der Waals surface area contributed by atoms with Crippen LogP contribution in [0.5, 0.6) is 0 Å². The van der Waals surface area contributed by atoms with E-state index in [1.165, 1.54) is 11.3 Å². The lowest BCUT2D eigenvalue weighted by Gasteiger charge is -2.36. The molecule has 1 aromatic rings. The van der Waals surface area contributed by atoms with Crippen LogP contribution in [0.15, 0.2) is 11.4 Å². The largest absolute Gasteiger partial charge is 0.388 e. The van der Waals surface area contributed by atoms with E-state index in [2.05, 4.69) is 5.32 Å². The summed E-state index contributed by atoms with van der Waals surface area (Å²) in [5.41, 5.74) is 0.447. The van der Waals surface area contributed by atoms with Crippen molar-refractivity contribution in [2.45, 2.75) is 38.2 Å². The van der Waals surface area contributed by atoms with Crippen LogP contribution >= 0.6 is 11.3 Å². The van der Waals surface area contributed by atoms with E-state index in [1.54, 1.807) is 0 Å². The number of carbonyl (C=O) groups is 1. The van der Waals surface area contributed by atoms with Crippen molar-refractivity contribution in [3.63, 3.8) is 0 Å². The third-order valence-corrected chi connectivity index (χ3v) is 4.15. The van der Waals surface area contributed by atoms with Gasteiger partial charge in [0.25, 0.3) is 5.91 Å². The highest BCUT2D eigenvalue weighted by Gasteiger charge is 2.34. The number of thiophene rings is 1. The van der Waals surface area contributed by atoms with Crippen molar-refractivity contribution in [2.24, 2.45) is 0 Å². The number of carbonyl (C=O) groups excluding carboxylic acids is 1. The molecular weight excluding hydrogens is 222 g/mol. The standard InChI is InChI=1S/C12H17NO2S/c1-2-9-4-7-16-10(9)11(14)13-8-12(15)5-3-6-12/h4,7,15H,2-3,5-6,8H2,1H3,(H,13,14). The van der Waals surface area contributed by atoms with Crippen LogP contribution in [0.4, 0.5) is 0 Å². The average Bonchev–Trinajstić information content (AvgIpc) is 2.71. The average molecular weight is 239 g/mol. The summed E-state index contributed by atoms with van der Waals surface area (Å²) in [6.45, 7) is 2.42. The molecule has 1 heterocycles. The van der Waals surface area contributed by atoms with Gasteiger partial charge in [-0.1, -0.05) is 6.92 Å². The Bertz CT molecular complexity index is 382. The van der Waals surface area contributed by atoms with Crippen molar-refractivity contribution in [2.75, 3.05) is 6.54 Å². The Balaban J connectivity index is 1.93. The Hall–Kier alpha value is -0.870. The highest BCUT2D eigenvalue weighted by Crippen LogP contribution is 2.30. The van der Waals surface area contributed by atoms with Gasteiger partial charge in [0.2, 0.25) is 0 Å². The molecule has 1 aliphatic carbocycles. The highest BCUT2D eigenvalue weighted by molar-refractivity contribution is 7.12. The molecule has 0 bridgehead atoms. The maximum Gasteiger partial charge on any atom is 0.261 e. The van der Waals surface area contributed by atoms with Gasteiger partial charge in [-0.2, -0.15) is 0 Å². The number of rotatable bonds is 4. The van der Waals surface area contributed by atoms with E-state index >= 15 is 0 Å². The van der Waals surface area contributed by atoms with Crippen molar-refractivity contribution >= 4 is 17.2 Å². The number of nitrogens with one attached hydrogen (secondary N) is 1. The Morgan fingerprint density at radius 3 is 2.94 bits per heavy atom. The molecule has 2 rings (SSSR count). The van der Waals surface area contributed by atoms with Crippen molar-refractivity contribution in [1.29, 1.82) is 0 Å². The van der Waals surface area contributed by atoms with Crippen LogP contribution in [0.1, 0.15) is 41.4 Å². The lowest BCUT2D eigenvalue weighted by atomic mass is 9.80. The maximum absolute atomic E-state index is 11.9. The molecule has 0 spiro atoms. The summed E-state index contributed by atoms with van der Waals surface area (Å²) in [6, 6.07) is 1.98. The van der Waals surface area contributed by atoms with Gasteiger partial charge >= 0.3 is 0 Å². The van der Waals surface area contributed by atoms with E-state index in [1.807, 2.05) is 18.4 Å². The van der Waals surface area contributed by atoms with E-state index in [-0.39, 0.29) is 5.91 Å². The SMILES string of the molecule is CCc1ccsc1C(=O)NCC1(O)CCC1. The van der Waals surface area contributed by atoms with Crippen molar-refractivity contribution in [3.05, 3.63) is 21.9 Å². The zero-order valence-electron chi connectivity index (χ0n) is 9.45. The number of hydrogen-bond donors (Lipinski definition) is 2. The van der Waals surface area contributed by atoms with E-state index in [9.17, 15) is 9.90 Å². The molecule has 0 radical (unpaired) electrons. The summed E-state index contributed by atoms with van der Waals surface area (Å²) >= 11 is 1.46. The van der Waals surface area contributed by atoms with Crippen LogP contribution in [0.2, 0.25) is 0 Å². The highest BCUT2D eigenvalue weighted by atomic mass is 32.1. The summed E-state index contributed by atoms with van der Waals surface area (Å²) < 4.78 is 0. The van der Waals surface area contributed by atoms with Gasteiger partial charge in [0.15, 0.2) is 0 Å². The maximum atomic E-state index is 11.9.